The summed E-state index contributed by atoms with van der Waals surface area (Å²) in [7, 11) is 0. The molecule has 0 saturated carbocycles. The highest BCUT2D eigenvalue weighted by Crippen LogP contribution is 2.38. The third kappa shape index (κ3) is 5.80. The molecule has 0 saturated heterocycles. The number of carbonyl (C=O) groups excluding carboxylic acids is 1. The fraction of sp³-hybridized carbons (Fsp3) is 0.107. The first-order valence-corrected chi connectivity index (χ1v) is 12.5. The number of aryl methyl sites for hydroxylation is 1. The molecule has 9 heteroatoms. The largest absolute Gasteiger partial charge is 0.325 e. The molecule has 1 atom stereocenters. The lowest BCUT2D eigenvalue weighted by Gasteiger charge is -2.17. The van der Waals surface area contributed by atoms with Crippen LogP contribution in [0.4, 0.5) is 11.4 Å². The molecule has 1 amide bonds. The minimum Gasteiger partial charge on any atom is -0.325 e. The van der Waals surface area contributed by atoms with Gasteiger partial charge in [0, 0.05) is 39.5 Å². The van der Waals surface area contributed by atoms with Gasteiger partial charge in [0.1, 0.15) is 11.1 Å². The maximum absolute atomic E-state index is 13.1. The monoisotopic (exact) mass is 528 g/mol. The number of nitro groups is 1. The molecule has 184 valence electrons. The Kier molecular flexibility index (Phi) is 7.87. The van der Waals surface area contributed by atoms with Gasteiger partial charge in [-0.15, -0.1) is 0 Å². The standard InChI is InChI=1S/C28H21ClN4O3S/c1-17-14-20(33(35)36)12-13-25(17)31-27(34)18(2)37-28-23(16-30)22(21-10-6-7-11-24(21)29)15-26(32-28)19-8-4-3-5-9-19/h3-15,18H,1-2H3,(H,31,34)/t18-/m1/s1. The third-order valence-electron chi connectivity index (χ3n) is 5.67. The summed E-state index contributed by atoms with van der Waals surface area (Å²) in [6.07, 6.45) is 0. The predicted octanol–water partition coefficient (Wildman–Crippen LogP) is 7.28. The molecule has 0 spiro atoms. The Labute approximate surface area is 223 Å². The van der Waals surface area contributed by atoms with Gasteiger partial charge in [-0.25, -0.2) is 4.98 Å². The zero-order valence-corrected chi connectivity index (χ0v) is 21.5. The van der Waals surface area contributed by atoms with Gasteiger partial charge < -0.3 is 5.32 Å². The van der Waals surface area contributed by atoms with Crippen molar-refractivity contribution in [1.82, 2.24) is 4.98 Å². The molecule has 1 N–H and O–H groups in total. The quantitative estimate of drug-likeness (QED) is 0.153. The lowest BCUT2D eigenvalue weighted by molar-refractivity contribution is -0.384. The summed E-state index contributed by atoms with van der Waals surface area (Å²) < 4.78 is 0. The van der Waals surface area contributed by atoms with Crippen molar-refractivity contribution < 1.29 is 9.72 Å². The van der Waals surface area contributed by atoms with Crippen LogP contribution in [0.3, 0.4) is 0 Å². The number of hydrogen-bond acceptors (Lipinski definition) is 6. The van der Waals surface area contributed by atoms with Gasteiger partial charge in [-0.1, -0.05) is 71.9 Å². The lowest BCUT2D eigenvalue weighted by atomic mass is 9.99. The molecule has 4 rings (SSSR count). The van der Waals surface area contributed by atoms with E-state index < -0.39 is 10.2 Å². The average Bonchev–Trinajstić information content (AvgIpc) is 2.90. The van der Waals surface area contributed by atoms with Crippen LogP contribution in [0.5, 0.6) is 0 Å². The number of hydrogen-bond donors (Lipinski definition) is 1. The minimum atomic E-state index is -0.626. The van der Waals surface area contributed by atoms with Crippen LogP contribution in [0.25, 0.3) is 22.4 Å². The second-order valence-corrected chi connectivity index (χ2v) is 9.94. The van der Waals surface area contributed by atoms with E-state index in [0.29, 0.717) is 43.7 Å². The number of nitrogens with zero attached hydrogens (tertiary/aromatic N) is 3. The second-order valence-electron chi connectivity index (χ2n) is 8.20. The number of thioether (sulfide) groups is 1. The van der Waals surface area contributed by atoms with Crippen molar-refractivity contribution in [2.24, 2.45) is 0 Å². The molecule has 4 aromatic rings. The Bertz CT molecular complexity index is 1540. The second kappa shape index (κ2) is 11.2. The topological polar surface area (TPSA) is 109 Å². The maximum Gasteiger partial charge on any atom is 0.269 e. The van der Waals surface area contributed by atoms with Gasteiger partial charge in [0.2, 0.25) is 5.91 Å². The Balaban J connectivity index is 1.71. The first-order chi connectivity index (χ1) is 17.8. The molecule has 0 aliphatic rings. The molecule has 1 heterocycles. The van der Waals surface area contributed by atoms with E-state index in [4.69, 9.17) is 16.6 Å². The molecule has 0 unspecified atom stereocenters. The molecule has 0 bridgehead atoms. The molecular weight excluding hydrogens is 508 g/mol. The number of aromatic nitrogens is 1. The van der Waals surface area contributed by atoms with Gasteiger partial charge in [0.05, 0.1) is 21.4 Å². The number of nitriles is 1. The van der Waals surface area contributed by atoms with E-state index in [2.05, 4.69) is 11.4 Å². The summed E-state index contributed by atoms with van der Waals surface area (Å²) in [5.74, 6) is -0.322. The van der Waals surface area contributed by atoms with E-state index in [1.165, 1.54) is 18.2 Å². The first kappa shape index (κ1) is 25.9. The highest BCUT2D eigenvalue weighted by atomic mass is 35.5. The van der Waals surface area contributed by atoms with Crippen LogP contribution < -0.4 is 5.32 Å². The maximum atomic E-state index is 13.1. The lowest BCUT2D eigenvalue weighted by Crippen LogP contribution is -2.23. The van der Waals surface area contributed by atoms with Gasteiger partial charge in [-0.2, -0.15) is 5.26 Å². The highest BCUT2D eigenvalue weighted by Gasteiger charge is 2.23. The minimum absolute atomic E-state index is 0.0504. The van der Waals surface area contributed by atoms with Gasteiger partial charge in [-0.05, 0) is 37.6 Å². The van der Waals surface area contributed by atoms with E-state index in [-0.39, 0.29) is 11.6 Å². The molecule has 7 nitrogen and oxygen atoms in total. The Morgan fingerprint density at radius 3 is 2.43 bits per heavy atom. The Morgan fingerprint density at radius 1 is 1.08 bits per heavy atom. The summed E-state index contributed by atoms with van der Waals surface area (Å²) in [5, 5.41) is 24.2. The number of nitro benzene ring substituents is 1. The molecular formula is C28H21ClN4O3S. The van der Waals surface area contributed by atoms with E-state index >= 15 is 0 Å². The van der Waals surface area contributed by atoms with E-state index in [1.807, 2.05) is 54.6 Å². The zero-order valence-electron chi connectivity index (χ0n) is 19.9. The summed E-state index contributed by atoms with van der Waals surface area (Å²) in [5.41, 5.74) is 4.16. The molecule has 0 fully saturated rings. The highest BCUT2D eigenvalue weighted by molar-refractivity contribution is 8.00. The van der Waals surface area contributed by atoms with Crippen molar-refractivity contribution >= 4 is 40.6 Å². The third-order valence-corrected chi connectivity index (χ3v) is 7.08. The van der Waals surface area contributed by atoms with Crippen LogP contribution in [0.1, 0.15) is 18.1 Å². The van der Waals surface area contributed by atoms with Crippen LogP contribution in [0, 0.1) is 28.4 Å². The fourth-order valence-corrected chi connectivity index (χ4v) is 4.88. The van der Waals surface area contributed by atoms with Crippen LogP contribution in [0.15, 0.2) is 83.9 Å². The fourth-order valence-electron chi connectivity index (χ4n) is 3.72. The first-order valence-electron chi connectivity index (χ1n) is 11.3. The predicted molar refractivity (Wildman–Crippen MR) is 147 cm³/mol. The zero-order chi connectivity index (χ0) is 26.5. The number of halogens is 1. The number of benzene rings is 3. The smallest absolute Gasteiger partial charge is 0.269 e. The molecule has 37 heavy (non-hydrogen) atoms. The molecule has 0 radical (unpaired) electrons. The molecule has 1 aromatic heterocycles. The van der Waals surface area contributed by atoms with Crippen molar-refractivity contribution in [3.05, 3.63) is 105 Å². The Hall–Kier alpha value is -4.19. The number of amides is 1. The summed E-state index contributed by atoms with van der Waals surface area (Å²) >= 11 is 7.65. The number of non-ortho nitro benzene ring substituents is 1. The summed E-state index contributed by atoms with van der Waals surface area (Å²) in [6, 6.07) is 25.2. The van der Waals surface area contributed by atoms with Crippen LogP contribution in [0.2, 0.25) is 5.02 Å². The molecule has 0 aliphatic heterocycles. The van der Waals surface area contributed by atoms with Gasteiger partial charge in [0.25, 0.3) is 5.69 Å². The number of pyridine rings is 1. The van der Waals surface area contributed by atoms with Crippen molar-refractivity contribution in [3.8, 4) is 28.5 Å². The van der Waals surface area contributed by atoms with Gasteiger partial charge in [0.15, 0.2) is 0 Å². The van der Waals surface area contributed by atoms with Crippen molar-refractivity contribution in [3.63, 3.8) is 0 Å². The van der Waals surface area contributed by atoms with E-state index in [9.17, 15) is 20.2 Å². The number of nitrogens with one attached hydrogen (secondary N) is 1. The summed E-state index contributed by atoms with van der Waals surface area (Å²) in [4.78, 5) is 28.3. The van der Waals surface area contributed by atoms with Crippen LogP contribution in [-0.4, -0.2) is 21.1 Å². The number of rotatable bonds is 7. The number of anilines is 1. The van der Waals surface area contributed by atoms with E-state index in [0.717, 1.165) is 17.3 Å². The Morgan fingerprint density at radius 2 is 1.78 bits per heavy atom. The normalized spacial score (nSPS) is 11.4. The van der Waals surface area contributed by atoms with E-state index in [1.54, 1.807) is 19.9 Å². The van der Waals surface area contributed by atoms with Crippen molar-refractivity contribution in [2.75, 3.05) is 5.32 Å². The molecule has 0 aliphatic carbocycles. The van der Waals surface area contributed by atoms with Crippen molar-refractivity contribution in [2.45, 2.75) is 24.1 Å². The van der Waals surface area contributed by atoms with Gasteiger partial charge >= 0.3 is 0 Å². The van der Waals surface area contributed by atoms with Crippen LogP contribution >= 0.6 is 23.4 Å². The molecule has 3 aromatic carbocycles. The number of carbonyl (C=O) groups is 1. The summed E-state index contributed by atoms with van der Waals surface area (Å²) in [6.45, 7) is 3.41. The average molecular weight is 529 g/mol. The SMILES string of the molecule is Cc1cc([N+](=O)[O-])ccc1NC(=O)[C@@H](C)Sc1nc(-c2ccccc2)cc(-c2ccccc2Cl)c1C#N. The van der Waals surface area contributed by atoms with Crippen molar-refractivity contribution in [1.29, 1.82) is 5.26 Å². The van der Waals surface area contributed by atoms with Gasteiger partial charge in [-0.3, -0.25) is 14.9 Å². The van der Waals surface area contributed by atoms with Crippen LogP contribution in [-0.2, 0) is 4.79 Å².